The molecule has 0 spiro atoms. The molecule has 0 saturated carbocycles. The molecule has 0 bridgehead atoms. The summed E-state index contributed by atoms with van der Waals surface area (Å²) in [6.45, 7) is 5.27. The van der Waals surface area contributed by atoms with Gasteiger partial charge in [0.15, 0.2) is 0 Å². The van der Waals surface area contributed by atoms with Crippen molar-refractivity contribution in [1.82, 2.24) is 25.5 Å². The van der Waals surface area contributed by atoms with Gasteiger partial charge in [-0.2, -0.15) is 0 Å². The van der Waals surface area contributed by atoms with Gasteiger partial charge in [-0.3, -0.25) is 4.79 Å². The summed E-state index contributed by atoms with van der Waals surface area (Å²) in [4.78, 5) is 12.5. The van der Waals surface area contributed by atoms with Crippen molar-refractivity contribution in [2.24, 2.45) is 0 Å². The Morgan fingerprint density at radius 3 is 2.92 bits per heavy atom. The number of amides is 1. The van der Waals surface area contributed by atoms with E-state index in [2.05, 4.69) is 20.8 Å². The standard InChI is InChI=1S/C17H23N5O2S/c1-12(14-7-4-3-5-8-14)18-16(23)13(2)25-17-19-20-21-22(17)11-15-9-6-10-24-15/h3-5,7-8,12-13,15H,6,9-11H2,1-2H3,(H,18,23). The first kappa shape index (κ1) is 17.9. The van der Waals surface area contributed by atoms with Crippen molar-refractivity contribution in [2.75, 3.05) is 6.61 Å². The first-order valence-corrected chi connectivity index (χ1v) is 9.41. The summed E-state index contributed by atoms with van der Waals surface area (Å²) in [5.74, 6) is -0.0342. The average molecular weight is 361 g/mol. The first-order valence-electron chi connectivity index (χ1n) is 8.53. The number of tetrazole rings is 1. The topological polar surface area (TPSA) is 81.9 Å². The third-order valence-electron chi connectivity index (χ3n) is 4.21. The van der Waals surface area contributed by atoms with Crippen LogP contribution in [0.2, 0.25) is 0 Å². The maximum Gasteiger partial charge on any atom is 0.233 e. The zero-order chi connectivity index (χ0) is 17.6. The molecule has 3 rings (SSSR count). The van der Waals surface area contributed by atoms with Crippen LogP contribution in [0.5, 0.6) is 0 Å². The number of nitrogens with zero attached hydrogens (tertiary/aromatic N) is 4. The van der Waals surface area contributed by atoms with Crippen molar-refractivity contribution in [1.29, 1.82) is 0 Å². The molecule has 1 aliphatic rings. The fourth-order valence-electron chi connectivity index (χ4n) is 2.74. The molecule has 134 valence electrons. The molecule has 0 aliphatic carbocycles. The van der Waals surface area contributed by atoms with E-state index < -0.39 is 0 Å². The van der Waals surface area contributed by atoms with Gasteiger partial charge in [-0.15, -0.1) is 5.10 Å². The zero-order valence-corrected chi connectivity index (χ0v) is 15.3. The highest BCUT2D eigenvalue weighted by Gasteiger charge is 2.23. The second kappa shape index (κ2) is 8.44. The van der Waals surface area contributed by atoms with Gasteiger partial charge in [-0.05, 0) is 42.7 Å². The summed E-state index contributed by atoms with van der Waals surface area (Å²) in [7, 11) is 0. The molecule has 25 heavy (non-hydrogen) atoms. The van der Waals surface area contributed by atoms with E-state index in [4.69, 9.17) is 4.74 Å². The summed E-state index contributed by atoms with van der Waals surface area (Å²) in [6.07, 6.45) is 2.25. The molecule has 2 aromatic rings. The lowest BCUT2D eigenvalue weighted by Gasteiger charge is -2.17. The fraction of sp³-hybridized carbons (Fsp3) is 0.529. The van der Waals surface area contributed by atoms with Gasteiger partial charge in [0.25, 0.3) is 0 Å². The van der Waals surface area contributed by atoms with E-state index >= 15 is 0 Å². The quantitative estimate of drug-likeness (QED) is 0.762. The van der Waals surface area contributed by atoms with Crippen LogP contribution >= 0.6 is 11.8 Å². The van der Waals surface area contributed by atoms with E-state index in [0.717, 1.165) is 25.0 Å². The number of hydrogen-bond donors (Lipinski definition) is 1. The Bertz CT molecular complexity index is 687. The van der Waals surface area contributed by atoms with Crippen LogP contribution in [-0.4, -0.2) is 44.1 Å². The molecule has 3 atom stereocenters. The molecule has 1 aromatic heterocycles. The minimum atomic E-state index is -0.291. The number of thioether (sulfide) groups is 1. The van der Waals surface area contributed by atoms with E-state index in [1.807, 2.05) is 44.2 Å². The Kier molecular flexibility index (Phi) is 6.04. The minimum absolute atomic E-state index is 0.0342. The molecular weight excluding hydrogens is 338 g/mol. The van der Waals surface area contributed by atoms with Crippen LogP contribution < -0.4 is 5.32 Å². The molecule has 8 heteroatoms. The van der Waals surface area contributed by atoms with E-state index in [0.29, 0.717) is 11.7 Å². The average Bonchev–Trinajstić information content (AvgIpc) is 3.28. The molecule has 1 aliphatic heterocycles. The largest absolute Gasteiger partial charge is 0.376 e. The number of nitrogens with one attached hydrogen (secondary N) is 1. The van der Waals surface area contributed by atoms with Gasteiger partial charge < -0.3 is 10.1 Å². The second-order valence-corrected chi connectivity index (χ2v) is 7.49. The van der Waals surface area contributed by atoms with Gasteiger partial charge >= 0.3 is 0 Å². The van der Waals surface area contributed by atoms with Crippen molar-refractivity contribution >= 4 is 17.7 Å². The predicted octanol–water partition coefficient (Wildman–Crippen LogP) is 2.21. The van der Waals surface area contributed by atoms with Crippen molar-refractivity contribution in [3.63, 3.8) is 0 Å². The van der Waals surface area contributed by atoms with Crippen molar-refractivity contribution < 1.29 is 9.53 Å². The summed E-state index contributed by atoms with van der Waals surface area (Å²) in [6, 6.07) is 9.87. The van der Waals surface area contributed by atoms with Crippen LogP contribution in [0.15, 0.2) is 35.5 Å². The van der Waals surface area contributed by atoms with Gasteiger partial charge in [0.2, 0.25) is 11.1 Å². The van der Waals surface area contributed by atoms with E-state index in [9.17, 15) is 4.79 Å². The second-order valence-electron chi connectivity index (χ2n) is 6.18. The summed E-state index contributed by atoms with van der Waals surface area (Å²) in [5, 5.41) is 15.2. The molecule has 1 saturated heterocycles. The Labute approximate surface area is 151 Å². The molecule has 1 N–H and O–H groups in total. The molecule has 7 nitrogen and oxygen atoms in total. The van der Waals surface area contributed by atoms with Crippen LogP contribution in [0.1, 0.15) is 38.3 Å². The van der Waals surface area contributed by atoms with Crippen molar-refractivity contribution in [3.05, 3.63) is 35.9 Å². The SMILES string of the molecule is CC(Sc1nnnn1CC1CCCO1)C(=O)NC(C)c1ccccc1. The molecule has 1 amide bonds. The van der Waals surface area contributed by atoms with Crippen LogP contribution in [-0.2, 0) is 16.1 Å². The van der Waals surface area contributed by atoms with E-state index in [1.54, 1.807) is 4.68 Å². The highest BCUT2D eigenvalue weighted by molar-refractivity contribution is 8.00. The number of benzene rings is 1. The third-order valence-corrected chi connectivity index (χ3v) is 5.28. The number of hydrogen-bond acceptors (Lipinski definition) is 6. The third kappa shape index (κ3) is 4.79. The Morgan fingerprint density at radius 1 is 1.40 bits per heavy atom. The fourth-order valence-corrected chi connectivity index (χ4v) is 3.55. The normalized spacial score (nSPS) is 19.5. The predicted molar refractivity (Wildman–Crippen MR) is 95.1 cm³/mol. The van der Waals surface area contributed by atoms with Gasteiger partial charge in [0, 0.05) is 6.61 Å². The van der Waals surface area contributed by atoms with Crippen LogP contribution in [0.25, 0.3) is 0 Å². The lowest BCUT2D eigenvalue weighted by atomic mass is 10.1. The Morgan fingerprint density at radius 2 is 2.20 bits per heavy atom. The van der Waals surface area contributed by atoms with Crippen LogP contribution in [0.3, 0.4) is 0 Å². The van der Waals surface area contributed by atoms with Gasteiger partial charge in [-0.1, -0.05) is 42.1 Å². The van der Waals surface area contributed by atoms with Gasteiger partial charge in [0.1, 0.15) is 0 Å². The van der Waals surface area contributed by atoms with E-state index in [1.165, 1.54) is 11.8 Å². The zero-order valence-electron chi connectivity index (χ0n) is 14.5. The van der Waals surface area contributed by atoms with Gasteiger partial charge in [0.05, 0.1) is 23.9 Å². The molecular formula is C17H23N5O2S. The van der Waals surface area contributed by atoms with Crippen molar-refractivity contribution in [3.8, 4) is 0 Å². The summed E-state index contributed by atoms with van der Waals surface area (Å²) >= 11 is 1.36. The number of carbonyl (C=O) groups is 1. The summed E-state index contributed by atoms with van der Waals surface area (Å²) < 4.78 is 7.36. The monoisotopic (exact) mass is 361 g/mol. The minimum Gasteiger partial charge on any atom is -0.376 e. The highest BCUT2D eigenvalue weighted by atomic mass is 32.2. The molecule has 3 unspecified atom stereocenters. The van der Waals surface area contributed by atoms with Crippen LogP contribution in [0.4, 0.5) is 0 Å². The van der Waals surface area contributed by atoms with Crippen molar-refractivity contribution in [2.45, 2.75) is 55.8 Å². The molecule has 2 heterocycles. The number of rotatable bonds is 7. The lowest BCUT2D eigenvalue weighted by Crippen LogP contribution is -2.33. The smallest absolute Gasteiger partial charge is 0.233 e. The number of aromatic nitrogens is 4. The van der Waals surface area contributed by atoms with Crippen LogP contribution in [0, 0.1) is 0 Å². The van der Waals surface area contributed by atoms with E-state index in [-0.39, 0.29) is 23.3 Å². The maximum atomic E-state index is 12.5. The highest BCUT2D eigenvalue weighted by Crippen LogP contribution is 2.23. The maximum absolute atomic E-state index is 12.5. The number of ether oxygens (including phenoxy) is 1. The molecule has 1 aromatic carbocycles. The lowest BCUT2D eigenvalue weighted by molar-refractivity contribution is -0.120. The number of carbonyl (C=O) groups excluding carboxylic acids is 1. The molecule has 1 fully saturated rings. The molecule has 0 radical (unpaired) electrons. The Balaban J connectivity index is 1.55. The first-order chi connectivity index (χ1) is 12.1. The summed E-state index contributed by atoms with van der Waals surface area (Å²) in [5.41, 5.74) is 1.08. The van der Waals surface area contributed by atoms with Gasteiger partial charge in [-0.25, -0.2) is 4.68 Å². The Hall–Kier alpha value is -1.93.